The fourth-order valence-electron chi connectivity index (χ4n) is 1.51. The lowest BCUT2D eigenvalue weighted by atomic mass is 10.2. The molecule has 0 spiro atoms. The van der Waals surface area contributed by atoms with E-state index in [4.69, 9.17) is 0 Å². The lowest BCUT2D eigenvalue weighted by Gasteiger charge is -1.97. The molecule has 18 heavy (non-hydrogen) atoms. The molecule has 0 saturated heterocycles. The molecule has 0 atom stereocenters. The maximum Gasteiger partial charge on any atom is 0.0482 e. The number of rotatable bonds is 1. The summed E-state index contributed by atoms with van der Waals surface area (Å²) < 4.78 is 2.14. The second-order valence-corrected chi connectivity index (χ2v) is 2.89. The third-order valence-electron chi connectivity index (χ3n) is 2.20. The van der Waals surface area contributed by atoms with E-state index in [-0.39, 0.29) is 0 Å². The number of para-hydroxylation sites is 1. The quantitative estimate of drug-likeness (QED) is 0.570. The Bertz CT molecular complexity index is 438. The lowest BCUT2D eigenvalue weighted by molar-refractivity contribution is 0.955. The largest absolute Gasteiger partial charge is 0.344 e. The van der Waals surface area contributed by atoms with Gasteiger partial charge in [-0.2, -0.15) is 0 Å². The molecule has 0 saturated carbocycles. The highest BCUT2D eigenvalue weighted by molar-refractivity contribution is 5.83. The summed E-state index contributed by atoms with van der Waals surface area (Å²) in [6, 6.07) is 10.5. The predicted molar refractivity (Wildman–Crippen MR) is 87.0 cm³/mol. The van der Waals surface area contributed by atoms with Crippen molar-refractivity contribution in [3.05, 3.63) is 55.8 Å². The molecule has 0 unspecified atom stereocenters. The van der Waals surface area contributed by atoms with Gasteiger partial charge in [-0.25, -0.2) is 0 Å². The van der Waals surface area contributed by atoms with E-state index in [1.54, 1.807) is 0 Å². The average molecular weight is 245 g/mol. The van der Waals surface area contributed by atoms with Gasteiger partial charge in [0.05, 0.1) is 0 Å². The first kappa shape index (κ1) is 18.6. The van der Waals surface area contributed by atoms with Gasteiger partial charge in [0, 0.05) is 23.6 Å². The molecule has 2 aromatic rings. The summed E-state index contributed by atoms with van der Waals surface area (Å²) in [5.41, 5.74) is 2.42. The van der Waals surface area contributed by atoms with E-state index >= 15 is 0 Å². The molecule has 0 bridgehead atoms. The van der Waals surface area contributed by atoms with Crippen LogP contribution in [0.5, 0.6) is 0 Å². The van der Waals surface area contributed by atoms with Crippen LogP contribution >= 0.6 is 0 Å². The summed E-state index contributed by atoms with van der Waals surface area (Å²) in [7, 11) is 2.05. The Balaban J connectivity index is 0. The number of aromatic nitrogens is 1. The van der Waals surface area contributed by atoms with Crippen LogP contribution < -0.4 is 0 Å². The van der Waals surface area contributed by atoms with E-state index < -0.39 is 0 Å². The third kappa shape index (κ3) is 4.62. The van der Waals surface area contributed by atoms with Crippen LogP contribution in [0.1, 0.15) is 33.4 Å². The molecule has 1 heterocycles. The molecule has 0 aliphatic heterocycles. The van der Waals surface area contributed by atoms with Crippen molar-refractivity contribution in [2.24, 2.45) is 7.05 Å². The summed E-state index contributed by atoms with van der Waals surface area (Å²) in [6.07, 6.45) is 1.88. The first-order chi connectivity index (χ1) is 8.83. The zero-order valence-corrected chi connectivity index (χ0v) is 12.5. The van der Waals surface area contributed by atoms with Gasteiger partial charge in [0.1, 0.15) is 0 Å². The van der Waals surface area contributed by atoms with Gasteiger partial charge in [0.15, 0.2) is 0 Å². The van der Waals surface area contributed by atoms with E-state index in [1.807, 2.05) is 33.8 Å². The van der Waals surface area contributed by atoms with Crippen molar-refractivity contribution in [3.8, 4) is 0 Å². The minimum atomic E-state index is 1.16. The van der Waals surface area contributed by atoms with E-state index in [0.29, 0.717) is 0 Å². The SMILES string of the molecule is C=C.C=Cc1cc2ccccc2n1C.CC.CC. The molecule has 2 rings (SSSR count). The standard InChI is InChI=1S/C11H11N.2C2H6.C2H4/c1-3-10-8-9-6-4-5-7-11(9)12(10)2;3*1-2/h3-8H,1H2,2H3;2*1-2H3;1-2H2. The van der Waals surface area contributed by atoms with Crippen molar-refractivity contribution in [2.75, 3.05) is 0 Å². The molecule has 0 fully saturated rings. The van der Waals surface area contributed by atoms with Gasteiger partial charge >= 0.3 is 0 Å². The van der Waals surface area contributed by atoms with Crippen LogP contribution in [0, 0.1) is 0 Å². The molecule has 1 aromatic heterocycles. The normalized spacial score (nSPS) is 7.83. The van der Waals surface area contributed by atoms with Crippen LogP contribution in [0.2, 0.25) is 0 Å². The minimum Gasteiger partial charge on any atom is -0.344 e. The third-order valence-corrected chi connectivity index (χ3v) is 2.20. The summed E-state index contributed by atoms with van der Waals surface area (Å²) in [5, 5.41) is 1.27. The maximum atomic E-state index is 3.77. The molecule has 1 nitrogen and oxygen atoms in total. The number of hydrogen-bond acceptors (Lipinski definition) is 0. The summed E-state index contributed by atoms with van der Waals surface area (Å²) in [6.45, 7) is 17.8. The summed E-state index contributed by atoms with van der Waals surface area (Å²) >= 11 is 0. The van der Waals surface area contributed by atoms with E-state index in [0.717, 1.165) is 5.69 Å². The van der Waals surface area contributed by atoms with Gasteiger partial charge in [-0.1, -0.05) is 52.5 Å². The fourth-order valence-corrected chi connectivity index (χ4v) is 1.51. The second kappa shape index (κ2) is 11.7. The monoisotopic (exact) mass is 245 g/mol. The fraction of sp³-hybridized carbons (Fsp3) is 0.294. The molecule has 0 amide bonds. The maximum absolute atomic E-state index is 3.77. The van der Waals surface area contributed by atoms with Gasteiger partial charge in [-0.05, 0) is 18.2 Å². The van der Waals surface area contributed by atoms with Crippen molar-refractivity contribution in [1.82, 2.24) is 4.57 Å². The molecule has 100 valence electrons. The van der Waals surface area contributed by atoms with E-state index in [1.165, 1.54) is 10.9 Å². The highest BCUT2D eigenvalue weighted by Gasteiger charge is 1.99. The molecule has 0 aliphatic carbocycles. The van der Waals surface area contributed by atoms with Gasteiger partial charge in [-0.15, -0.1) is 13.2 Å². The van der Waals surface area contributed by atoms with Gasteiger partial charge in [-0.3, -0.25) is 0 Å². The van der Waals surface area contributed by atoms with Crippen LogP contribution in [-0.4, -0.2) is 4.57 Å². The number of benzene rings is 1. The molecule has 0 aliphatic rings. The molecule has 1 aromatic carbocycles. The van der Waals surface area contributed by atoms with Crippen LogP contribution in [-0.2, 0) is 7.05 Å². The Morgan fingerprint density at radius 3 is 1.94 bits per heavy atom. The highest BCUT2D eigenvalue weighted by atomic mass is 14.9. The second-order valence-electron chi connectivity index (χ2n) is 2.89. The number of aryl methyl sites for hydroxylation is 1. The van der Waals surface area contributed by atoms with Crippen molar-refractivity contribution in [3.63, 3.8) is 0 Å². The van der Waals surface area contributed by atoms with Crippen molar-refractivity contribution in [2.45, 2.75) is 27.7 Å². The summed E-state index contributed by atoms with van der Waals surface area (Å²) in [5.74, 6) is 0. The van der Waals surface area contributed by atoms with Crippen LogP contribution in [0.3, 0.4) is 0 Å². The molecular weight excluding hydrogens is 218 g/mol. The van der Waals surface area contributed by atoms with Gasteiger partial charge < -0.3 is 4.57 Å². The Morgan fingerprint density at radius 1 is 1.00 bits per heavy atom. The van der Waals surface area contributed by atoms with Crippen molar-refractivity contribution < 1.29 is 0 Å². The summed E-state index contributed by atoms with van der Waals surface area (Å²) in [4.78, 5) is 0. The van der Waals surface area contributed by atoms with Crippen molar-refractivity contribution >= 4 is 17.0 Å². The molecule has 0 radical (unpaired) electrons. The van der Waals surface area contributed by atoms with Gasteiger partial charge in [0.2, 0.25) is 0 Å². The molecular formula is C17H27N. The zero-order valence-electron chi connectivity index (χ0n) is 12.5. The Kier molecular flexibility index (Phi) is 12.1. The van der Waals surface area contributed by atoms with E-state index in [9.17, 15) is 0 Å². The van der Waals surface area contributed by atoms with Crippen molar-refractivity contribution in [1.29, 1.82) is 0 Å². The Labute approximate surface area is 112 Å². The topological polar surface area (TPSA) is 4.93 Å². The number of fused-ring (bicyclic) bond motifs is 1. The zero-order chi connectivity index (χ0) is 14.6. The van der Waals surface area contributed by atoms with Crippen LogP contribution in [0.15, 0.2) is 50.1 Å². The minimum absolute atomic E-state index is 1.16. The Hall–Kier alpha value is -1.76. The number of hydrogen-bond donors (Lipinski definition) is 0. The lowest BCUT2D eigenvalue weighted by Crippen LogP contribution is -1.88. The van der Waals surface area contributed by atoms with Gasteiger partial charge in [0.25, 0.3) is 0 Å². The average Bonchev–Trinajstić information content (AvgIpc) is 2.82. The van der Waals surface area contributed by atoms with E-state index in [2.05, 4.69) is 61.7 Å². The van der Waals surface area contributed by atoms with Crippen LogP contribution in [0.4, 0.5) is 0 Å². The highest BCUT2D eigenvalue weighted by Crippen LogP contribution is 2.18. The Morgan fingerprint density at radius 2 is 1.50 bits per heavy atom. The van der Waals surface area contributed by atoms with Crippen LogP contribution in [0.25, 0.3) is 17.0 Å². The smallest absolute Gasteiger partial charge is 0.0482 e. The first-order valence-electron chi connectivity index (χ1n) is 6.50. The molecule has 0 N–H and O–H groups in total. The first-order valence-corrected chi connectivity index (χ1v) is 6.50. The molecule has 1 heteroatoms. The number of nitrogens with zero attached hydrogens (tertiary/aromatic N) is 1. The predicted octanol–water partition coefficient (Wildman–Crippen LogP) is 5.68.